The van der Waals surface area contributed by atoms with Crippen LogP contribution < -0.4 is 0 Å². The first-order valence-corrected chi connectivity index (χ1v) is 10.0. The van der Waals surface area contributed by atoms with Gasteiger partial charge in [0.2, 0.25) is 0 Å². The standard InChI is InChI=1S/C21H30N4O2/c1-23(2)18-8-11-25(12-9-18)20(26)19-14-21(27-22-19)10-13-24(16-21)15-17-6-4-3-5-7-17/h3-7,18H,8-16H2,1-2H3. The third-order valence-corrected chi connectivity index (χ3v) is 6.21. The topological polar surface area (TPSA) is 48.4 Å². The molecule has 3 aliphatic rings. The number of amides is 1. The summed E-state index contributed by atoms with van der Waals surface area (Å²) in [4.78, 5) is 25.3. The molecule has 146 valence electrons. The van der Waals surface area contributed by atoms with Crippen LogP contribution in [0.15, 0.2) is 35.5 Å². The Balaban J connectivity index is 1.30. The zero-order valence-corrected chi connectivity index (χ0v) is 16.4. The van der Waals surface area contributed by atoms with Gasteiger partial charge in [-0.1, -0.05) is 35.5 Å². The fourth-order valence-corrected chi connectivity index (χ4v) is 4.53. The smallest absolute Gasteiger partial charge is 0.271 e. The summed E-state index contributed by atoms with van der Waals surface area (Å²) in [5.41, 5.74) is 1.62. The minimum absolute atomic E-state index is 0.0746. The van der Waals surface area contributed by atoms with Gasteiger partial charge in [-0.3, -0.25) is 9.69 Å². The molecule has 0 radical (unpaired) electrons. The van der Waals surface area contributed by atoms with Crippen molar-refractivity contribution >= 4 is 11.6 Å². The van der Waals surface area contributed by atoms with E-state index in [9.17, 15) is 4.79 Å². The maximum absolute atomic E-state index is 12.9. The maximum atomic E-state index is 12.9. The predicted molar refractivity (Wildman–Crippen MR) is 105 cm³/mol. The van der Waals surface area contributed by atoms with Crippen LogP contribution in [0.1, 0.15) is 31.2 Å². The number of oxime groups is 1. The van der Waals surface area contributed by atoms with E-state index in [-0.39, 0.29) is 11.5 Å². The lowest BCUT2D eigenvalue weighted by Gasteiger charge is -2.35. The molecule has 1 unspecified atom stereocenters. The fraction of sp³-hybridized carbons (Fsp3) is 0.619. The molecule has 3 aliphatic heterocycles. The highest BCUT2D eigenvalue weighted by atomic mass is 16.7. The van der Waals surface area contributed by atoms with Crippen molar-refractivity contribution in [2.75, 3.05) is 40.3 Å². The zero-order valence-electron chi connectivity index (χ0n) is 16.4. The molecule has 6 nitrogen and oxygen atoms in total. The van der Waals surface area contributed by atoms with Gasteiger partial charge < -0.3 is 14.6 Å². The van der Waals surface area contributed by atoms with Gasteiger partial charge in [-0.15, -0.1) is 0 Å². The zero-order chi connectivity index (χ0) is 18.9. The van der Waals surface area contributed by atoms with Gasteiger partial charge in [0.05, 0.1) is 0 Å². The Bertz CT molecular complexity index is 697. The van der Waals surface area contributed by atoms with E-state index in [2.05, 4.69) is 53.3 Å². The highest BCUT2D eigenvalue weighted by Crippen LogP contribution is 2.35. The van der Waals surface area contributed by atoms with E-state index in [1.54, 1.807) is 0 Å². The quantitative estimate of drug-likeness (QED) is 0.813. The summed E-state index contributed by atoms with van der Waals surface area (Å²) >= 11 is 0. The number of piperidine rings is 1. The Morgan fingerprint density at radius 3 is 2.67 bits per heavy atom. The van der Waals surface area contributed by atoms with Gasteiger partial charge in [-0.05, 0) is 32.5 Å². The Morgan fingerprint density at radius 1 is 1.22 bits per heavy atom. The molecule has 2 fully saturated rings. The summed E-state index contributed by atoms with van der Waals surface area (Å²) in [5.74, 6) is 0.0746. The van der Waals surface area contributed by atoms with E-state index in [0.717, 1.165) is 52.0 Å². The number of likely N-dealkylation sites (tertiary alicyclic amines) is 2. The van der Waals surface area contributed by atoms with E-state index in [1.165, 1.54) is 5.56 Å². The van der Waals surface area contributed by atoms with E-state index in [0.29, 0.717) is 18.2 Å². The van der Waals surface area contributed by atoms with Crippen LogP contribution >= 0.6 is 0 Å². The first kappa shape index (κ1) is 18.4. The molecule has 0 bridgehead atoms. The third kappa shape index (κ3) is 4.01. The highest BCUT2D eigenvalue weighted by molar-refractivity contribution is 6.39. The normalized spacial score (nSPS) is 26.6. The molecule has 3 heterocycles. The number of hydrogen-bond acceptors (Lipinski definition) is 5. The molecule has 0 N–H and O–H groups in total. The lowest BCUT2D eigenvalue weighted by atomic mass is 9.95. The summed E-state index contributed by atoms with van der Waals surface area (Å²) < 4.78 is 0. The van der Waals surface area contributed by atoms with Gasteiger partial charge in [0, 0.05) is 51.6 Å². The summed E-state index contributed by atoms with van der Waals surface area (Å²) in [6, 6.07) is 11.1. The second kappa shape index (κ2) is 7.60. The molecule has 1 atom stereocenters. The molecule has 6 heteroatoms. The monoisotopic (exact) mass is 370 g/mol. The van der Waals surface area contributed by atoms with Crippen molar-refractivity contribution in [1.82, 2.24) is 14.7 Å². The molecule has 4 rings (SSSR count). The highest BCUT2D eigenvalue weighted by Gasteiger charge is 2.47. The van der Waals surface area contributed by atoms with Gasteiger partial charge in [0.25, 0.3) is 5.91 Å². The summed E-state index contributed by atoms with van der Waals surface area (Å²) in [5, 5.41) is 4.23. The molecule has 1 spiro atoms. The Labute approximate surface area is 161 Å². The number of hydrogen-bond donors (Lipinski definition) is 0. The number of rotatable bonds is 4. The van der Waals surface area contributed by atoms with Gasteiger partial charge in [0.1, 0.15) is 5.71 Å². The van der Waals surface area contributed by atoms with Crippen LogP contribution in [-0.2, 0) is 16.2 Å². The van der Waals surface area contributed by atoms with Crippen LogP contribution in [0.4, 0.5) is 0 Å². The van der Waals surface area contributed by atoms with Crippen molar-refractivity contribution in [3.63, 3.8) is 0 Å². The lowest BCUT2D eigenvalue weighted by molar-refractivity contribution is -0.125. The minimum Gasteiger partial charge on any atom is -0.387 e. The van der Waals surface area contributed by atoms with Crippen molar-refractivity contribution < 1.29 is 9.63 Å². The van der Waals surface area contributed by atoms with E-state index >= 15 is 0 Å². The molecule has 0 aliphatic carbocycles. The van der Waals surface area contributed by atoms with E-state index in [1.807, 2.05) is 11.0 Å². The van der Waals surface area contributed by atoms with Gasteiger partial charge in [0.15, 0.2) is 5.60 Å². The molecule has 2 saturated heterocycles. The molecular weight excluding hydrogens is 340 g/mol. The summed E-state index contributed by atoms with van der Waals surface area (Å²) in [7, 11) is 4.23. The van der Waals surface area contributed by atoms with Crippen LogP contribution in [0.3, 0.4) is 0 Å². The lowest BCUT2D eigenvalue weighted by Crippen LogP contribution is -2.47. The number of nitrogens with zero attached hydrogens (tertiary/aromatic N) is 4. The average molecular weight is 370 g/mol. The Hall–Kier alpha value is -1.92. The summed E-state index contributed by atoms with van der Waals surface area (Å²) in [6.07, 6.45) is 3.64. The molecule has 1 amide bonds. The second-order valence-electron chi connectivity index (χ2n) is 8.42. The van der Waals surface area contributed by atoms with Crippen molar-refractivity contribution in [2.24, 2.45) is 5.16 Å². The Morgan fingerprint density at radius 2 is 1.96 bits per heavy atom. The van der Waals surface area contributed by atoms with Crippen LogP contribution in [-0.4, -0.2) is 78.2 Å². The summed E-state index contributed by atoms with van der Waals surface area (Å²) in [6.45, 7) is 4.37. The van der Waals surface area contributed by atoms with Gasteiger partial charge >= 0.3 is 0 Å². The van der Waals surface area contributed by atoms with Crippen LogP contribution in [0.25, 0.3) is 0 Å². The third-order valence-electron chi connectivity index (χ3n) is 6.21. The predicted octanol–water partition coefficient (Wildman–Crippen LogP) is 1.96. The van der Waals surface area contributed by atoms with Crippen LogP contribution in [0.5, 0.6) is 0 Å². The van der Waals surface area contributed by atoms with E-state index < -0.39 is 0 Å². The minimum atomic E-state index is -0.304. The van der Waals surface area contributed by atoms with Crippen molar-refractivity contribution in [1.29, 1.82) is 0 Å². The Kier molecular flexibility index (Phi) is 5.19. The SMILES string of the molecule is CN(C)C1CCN(C(=O)C2=NOC3(CCN(Cc4ccccc4)C3)C2)CC1. The molecule has 27 heavy (non-hydrogen) atoms. The van der Waals surface area contributed by atoms with Crippen molar-refractivity contribution in [2.45, 2.75) is 43.9 Å². The largest absolute Gasteiger partial charge is 0.387 e. The molecular formula is C21H30N4O2. The van der Waals surface area contributed by atoms with Crippen LogP contribution in [0.2, 0.25) is 0 Å². The van der Waals surface area contributed by atoms with Gasteiger partial charge in [-0.2, -0.15) is 0 Å². The van der Waals surface area contributed by atoms with Crippen molar-refractivity contribution in [3.8, 4) is 0 Å². The first-order chi connectivity index (χ1) is 13.0. The molecule has 0 saturated carbocycles. The molecule has 0 aromatic heterocycles. The maximum Gasteiger partial charge on any atom is 0.271 e. The van der Waals surface area contributed by atoms with Crippen LogP contribution in [0, 0.1) is 0 Å². The number of carbonyl (C=O) groups excluding carboxylic acids is 1. The number of carbonyl (C=O) groups is 1. The van der Waals surface area contributed by atoms with E-state index in [4.69, 9.17) is 4.84 Å². The van der Waals surface area contributed by atoms with Crippen molar-refractivity contribution in [3.05, 3.63) is 35.9 Å². The second-order valence-corrected chi connectivity index (χ2v) is 8.42. The molecule has 1 aromatic carbocycles. The first-order valence-electron chi connectivity index (χ1n) is 10.0. The molecule has 1 aromatic rings. The number of benzene rings is 1. The fourth-order valence-electron chi connectivity index (χ4n) is 4.53. The van der Waals surface area contributed by atoms with Gasteiger partial charge in [-0.25, -0.2) is 0 Å². The average Bonchev–Trinajstić information content (AvgIpc) is 3.29.